The molecule has 0 spiro atoms. The quantitative estimate of drug-likeness (QED) is 0.128. The van der Waals surface area contributed by atoms with E-state index in [2.05, 4.69) is 74.6 Å². The molecule has 236 valence electrons. The van der Waals surface area contributed by atoms with Gasteiger partial charge in [-0.1, -0.05) is 74.6 Å². The number of rotatable bonds is 8. The van der Waals surface area contributed by atoms with Crippen LogP contribution in [-0.4, -0.2) is 36.7 Å². The van der Waals surface area contributed by atoms with Crippen LogP contribution in [0.15, 0.2) is 97.9 Å². The molecule has 0 heterocycles. The number of ether oxygens (including phenoxy) is 3. The standard InChI is InChI=1S/C36H35Br3O6/c1-21(2)29-16-17-36(3)30(29)18-22(20-43-33(40)23-4-10-26(37)11-5-23)19-31(44-34(41)24-6-12-27(38)13-7-24)32(36)45-35(42)25-8-14-28(39)15-9-25/h4-15,18,21,29-32H,16-17,19-20H2,1-3H3/t29-,30-,31+,32-,36-/m0/s1. The maximum absolute atomic E-state index is 13.6. The van der Waals surface area contributed by atoms with Crippen molar-refractivity contribution < 1.29 is 28.6 Å². The molecule has 1 fully saturated rings. The first-order valence-corrected chi connectivity index (χ1v) is 17.4. The zero-order valence-electron chi connectivity index (χ0n) is 25.3. The molecule has 0 saturated heterocycles. The minimum atomic E-state index is -0.806. The number of fused-ring (bicyclic) bond motifs is 1. The maximum atomic E-state index is 13.6. The van der Waals surface area contributed by atoms with Crippen LogP contribution in [0.5, 0.6) is 0 Å². The summed E-state index contributed by atoms with van der Waals surface area (Å²) in [6.07, 6.45) is 2.62. The summed E-state index contributed by atoms with van der Waals surface area (Å²) in [5.74, 6) is -0.743. The molecule has 9 heteroatoms. The monoisotopic (exact) mass is 800 g/mol. The molecule has 0 aromatic heterocycles. The van der Waals surface area contributed by atoms with Gasteiger partial charge in [0.25, 0.3) is 0 Å². The van der Waals surface area contributed by atoms with E-state index in [-0.39, 0.29) is 18.9 Å². The average Bonchev–Trinajstić information content (AvgIpc) is 3.30. The van der Waals surface area contributed by atoms with Crippen molar-refractivity contribution in [2.45, 2.75) is 52.2 Å². The predicted molar refractivity (Wildman–Crippen MR) is 183 cm³/mol. The fraction of sp³-hybridized carbons (Fsp3) is 0.361. The largest absolute Gasteiger partial charge is 0.458 e. The molecule has 3 aromatic carbocycles. The minimum absolute atomic E-state index is 0.0120. The molecule has 2 aliphatic rings. The number of hydrogen-bond acceptors (Lipinski definition) is 6. The Balaban J connectivity index is 1.50. The van der Waals surface area contributed by atoms with E-state index in [9.17, 15) is 14.4 Å². The van der Waals surface area contributed by atoms with Crippen LogP contribution < -0.4 is 0 Å². The summed E-state index contributed by atoms with van der Waals surface area (Å²) in [4.78, 5) is 40.1. The number of halogens is 3. The molecule has 45 heavy (non-hydrogen) atoms. The molecule has 0 unspecified atom stereocenters. The molecule has 0 bridgehead atoms. The van der Waals surface area contributed by atoms with E-state index in [1.807, 2.05) is 0 Å². The van der Waals surface area contributed by atoms with Crippen molar-refractivity contribution >= 4 is 65.7 Å². The number of esters is 3. The first-order chi connectivity index (χ1) is 21.4. The number of allylic oxidation sites excluding steroid dienone is 1. The van der Waals surface area contributed by atoms with E-state index >= 15 is 0 Å². The summed E-state index contributed by atoms with van der Waals surface area (Å²) in [7, 11) is 0. The molecule has 0 radical (unpaired) electrons. The second kappa shape index (κ2) is 14.3. The van der Waals surface area contributed by atoms with Crippen molar-refractivity contribution in [3.63, 3.8) is 0 Å². The summed E-state index contributed by atoms with van der Waals surface area (Å²) in [6, 6.07) is 21.0. The predicted octanol–water partition coefficient (Wildman–Crippen LogP) is 9.60. The van der Waals surface area contributed by atoms with Crippen LogP contribution >= 0.6 is 47.8 Å². The van der Waals surface area contributed by atoms with Crippen LogP contribution in [0, 0.1) is 23.2 Å². The van der Waals surface area contributed by atoms with E-state index in [0.29, 0.717) is 28.5 Å². The molecule has 2 aliphatic carbocycles. The summed E-state index contributed by atoms with van der Waals surface area (Å²) in [5.41, 5.74) is 1.55. The second-order valence-electron chi connectivity index (χ2n) is 12.4. The molecule has 0 aliphatic heterocycles. The highest BCUT2D eigenvalue weighted by Crippen LogP contribution is 2.56. The highest BCUT2D eigenvalue weighted by Gasteiger charge is 2.56. The van der Waals surface area contributed by atoms with Crippen LogP contribution in [-0.2, 0) is 14.2 Å². The molecule has 3 aromatic rings. The Morgan fingerprint density at radius 3 is 1.71 bits per heavy atom. The molecule has 5 atom stereocenters. The summed E-state index contributed by atoms with van der Waals surface area (Å²) in [5, 5.41) is 0. The Hall–Kier alpha value is -2.75. The van der Waals surface area contributed by atoms with Gasteiger partial charge in [-0.2, -0.15) is 0 Å². The van der Waals surface area contributed by atoms with Crippen LogP contribution in [0.3, 0.4) is 0 Å². The summed E-state index contributed by atoms with van der Waals surface area (Å²) in [6.45, 7) is 6.58. The maximum Gasteiger partial charge on any atom is 0.338 e. The first kappa shape index (κ1) is 33.6. The zero-order chi connectivity index (χ0) is 32.3. The highest BCUT2D eigenvalue weighted by atomic mass is 79.9. The number of benzene rings is 3. The number of carbonyl (C=O) groups excluding carboxylic acids is 3. The Labute approximate surface area is 289 Å². The van der Waals surface area contributed by atoms with Gasteiger partial charge in [0.1, 0.15) is 18.8 Å². The van der Waals surface area contributed by atoms with Gasteiger partial charge in [0.15, 0.2) is 0 Å². The molecule has 0 N–H and O–H groups in total. The van der Waals surface area contributed by atoms with Gasteiger partial charge >= 0.3 is 17.9 Å². The van der Waals surface area contributed by atoms with Crippen molar-refractivity contribution in [2.24, 2.45) is 23.2 Å². The van der Waals surface area contributed by atoms with Crippen molar-refractivity contribution in [2.75, 3.05) is 6.61 Å². The van der Waals surface area contributed by atoms with Crippen LogP contribution in [0.1, 0.15) is 71.1 Å². The molecule has 5 rings (SSSR count). The van der Waals surface area contributed by atoms with Gasteiger partial charge in [0.2, 0.25) is 0 Å². The molecule has 0 amide bonds. The van der Waals surface area contributed by atoms with Crippen molar-refractivity contribution in [1.82, 2.24) is 0 Å². The minimum Gasteiger partial charge on any atom is -0.458 e. The molecular formula is C36H35Br3O6. The van der Waals surface area contributed by atoms with Crippen LogP contribution in [0.4, 0.5) is 0 Å². The fourth-order valence-corrected chi connectivity index (χ4v) is 7.42. The topological polar surface area (TPSA) is 78.9 Å². The van der Waals surface area contributed by atoms with Gasteiger partial charge in [-0.05, 0) is 109 Å². The lowest BCUT2D eigenvalue weighted by molar-refractivity contribution is -0.0892. The van der Waals surface area contributed by atoms with E-state index in [1.54, 1.807) is 72.8 Å². The van der Waals surface area contributed by atoms with Gasteiger partial charge in [0, 0.05) is 25.3 Å². The lowest BCUT2D eigenvalue weighted by Gasteiger charge is -2.41. The second-order valence-corrected chi connectivity index (χ2v) is 15.1. The lowest BCUT2D eigenvalue weighted by atomic mass is 9.70. The van der Waals surface area contributed by atoms with Crippen molar-refractivity contribution in [3.05, 3.63) is 115 Å². The van der Waals surface area contributed by atoms with Crippen LogP contribution in [0.2, 0.25) is 0 Å². The van der Waals surface area contributed by atoms with Crippen LogP contribution in [0.25, 0.3) is 0 Å². The molecule has 1 saturated carbocycles. The Bertz CT molecular complexity index is 1570. The van der Waals surface area contributed by atoms with Crippen molar-refractivity contribution in [1.29, 1.82) is 0 Å². The third-order valence-corrected chi connectivity index (χ3v) is 10.7. The molecule has 6 nitrogen and oxygen atoms in total. The zero-order valence-corrected chi connectivity index (χ0v) is 30.1. The Morgan fingerprint density at radius 1 is 0.756 bits per heavy atom. The lowest BCUT2D eigenvalue weighted by Crippen LogP contribution is -2.48. The summed E-state index contributed by atoms with van der Waals surface area (Å²) < 4.78 is 21.0. The van der Waals surface area contributed by atoms with Gasteiger partial charge in [-0.15, -0.1) is 0 Å². The first-order valence-electron chi connectivity index (χ1n) is 15.0. The van der Waals surface area contributed by atoms with E-state index < -0.39 is 35.5 Å². The van der Waals surface area contributed by atoms with Gasteiger partial charge in [-0.3, -0.25) is 0 Å². The smallest absolute Gasteiger partial charge is 0.338 e. The highest BCUT2D eigenvalue weighted by molar-refractivity contribution is 9.11. The van der Waals surface area contributed by atoms with E-state index in [1.165, 1.54) is 0 Å². The Kier molecular flexibility index (Phi) is 10.7. The third kappa shape index (κ3) is 7.80. The van der Waals surface area contributed by atoms with Crippen molar-refractivity contribution in [3.8, 4) is 0 Å². The normalized spacial score (nSPS) is 24.3. The van der Waals surface area contributed by atoms with E-state index in [4.69, 9.17) is 14.2 Å². The number of hydrogen-bond donors (Lipinski definition) is 0. The van der Waals surface area contributed by atoms with Gasteiger partial charge in [0.05, 0.1) is 16.7 Å². The van der Waals surface area contributed by atoms with Gasteiger partial charge in [-0.25, -0.2) is 14.4 Å². The molecular weight excluding hydrogens is 768 g/mol. The third-order valence-electron chi connectivity index (χ3n) is 9.08. The van der Waals surface area contributed by atoms with Gasteiger partial charge < -0.3 is 14.2 Å². The summed E-state index contributed by atoms with van der Waals surface area (Å²) >= 11 is 10.2. The fourth-order valence-electron chi connectivity index (χ4n) is 6.63. The van der Waals surface area contributed by atoms with E-state index in [0.717, 1.165) is 31.8 Å². The Morgan fingerprint density at radius 2 is 1.22 bits per heavy atom. The average molecular weight is 803 g/mol. The SMILES string of the molecule is CC(C)[C@@H]1CC[C@@]2(C)[C@H]1C=C(COC(=O)c1ccc(Br)cc1)C[C@@H](OC(=O)c1ccc(Br)cc1)[C@@H]2OC(=O)c1ccc(Br)cc1. The number of carbonyl (C=O) groups is 3.